The first kappa shape index (κ1) is 32.8. The van der Waals surface area contributed by atoms with E-state index in [1.807, 2.05) is 12.1 Å². The molecule has 2 heterocycles. The second-order valence-corrected chi connectivity index (χ2v) is 14.5. The number of hydrogen-bond acceptors (Lipinski definition) is 2. The summed E-state index contributed by atoms with van der Waals surface area (Å²) in [6, 6.07) is 78.1. The molecule has 0 atom stereocenters. The van der Waals surface area contributed by atoms with Crippen molar-refractivity contribution in [2.75, 3.05) is 4.90 Å². The molecule has 57 heavy (non-hydrogen) atoms. The molecular weight excluding hydrogens is 693 g/mol. The van der Waals surface area contributed by atoms with E-state index in [1.165, 1.54) is 21.8 Å². The lowest BCUT2D eigenvalue weighted by Crippen LogP contribution is -2.11. The van der Waals surface area contributed by atoms with Crippen molar-refractivity contribution in [3.8, 4) is 39.1 Å². The lowest BCUT2D eigenvalue weighted by Gasteiger charge is -2.29. The lowest BCUT2D eigenvalue weighted by atomic mass is 9.98. The van der Waals surface area contributed by atoms with E-state index in [-0.39, 0.29) is 0 Å². The Morgan fingerprint density at radius 1 is 0.351 bits per heavy atom. The number of furan rings is 1. The largest absolute Gasteiger partial charge is 0.455 e. The Hall–Kier alpha value is -7.62. The van der Waals surface area contributed by atoms with E-state index in [1.54, 1.807) is 0 Å². The number of hydrogen-bond donors (Lipinski definition) is 0. The summed E-state index contributed by atoms with van der Waals surface area (Å²) in [4.78, 5) is 2.40. The van der Waals surface area contributed by atoms with Gasteiger partial charge in [0.2, 0.25) is 0 Å². The van der Waals surface area contributed by atoms with Crippen LogP contribution in [-0.2, 0) is 0 Å². The van der Waals surface area contributed by atoms with Crippen LogP contribution >= 0.6 is 0 Å². The minimum atomic E-state index is 0.896. The first-order valence-electron chi connectivity index (χ1n) is 19.4. The van der Waals surface area contributed by atoms with Crippen LogP contribution < -0.4 is 4.90 Å². The van der Waals surface area contributed by atoms with E-state index in [2.05, 4.69) is 216 Å². The first-order chi connectivity index (χ1) is 28.3. The molecule has 0 aliphatic rings. The Labute approximate surface area is 330 Å². The van der Waals surface area contributed by atoms with Crippen LogP contribution in [0.25, 0.3) is 82.8 Å². The molecule has 11 rings (SSSR count). The Balaban J connectivity index is 1.11. The molecule has 0 saturated heterocycles. The van der Waals surface area contributed by atoms with Crippen LogP contribution in [0.3, 0.4) is 0 Å². The average Bonchev–Trinajstić information content (AvgIpc) is 3.83. The van der Waals surface area contributed by atoms with E-state index >= 15 is 0 Å². The third kappa shape index (κ3) is 5.51. The van der Waals surface area contributed by atoms with Crippen molar-refractivity contribution in [1.29, 1.82) is 0 Å². The number of rotatable bonds is 7. The first-order valence-corrected chi connectivity index (χ1v) is 19.4. The SMILES string of the molecule is c1ccc(-c2ccccc2N(c2cccc(-c3ccccc3-n3c4ccccc4c4ccccc43)c2)c2cccc(-c3cccc4c3oc3ccccc34)c2)cc1. The fourth-order valence-electron chi connectivity index (χ4n) is 8.65. The third-order valence-electron chi connectivity index (χ3n) is 11.2. The molecule has 0 radical (unpaired) electrons. The van der Waals surface area contributed by atoms with Crippen LogP contribution in [0.15, 0.2) is 223 Å². The highest BCUT2D eigenvalue weighted by molar-refractivity contribution is 6.11. The van der Waals surface area contributed by atoms with E-state index < -0.39 is 0 Å². The highest BCUT2D eigenvalue weighted by atomic mass is 16.3. The van der Waals surface area contributed by atoms with Gasteiger partial charge in [0.25, 0.3) is 0 Å². The molecule has 268 valence electrons. The minimum absolute atomic E-state index is 0.896. The van der Waals surface area contributed by atoms with Gasteiger partial charge in [0, 0.05) is 49.6 Å². The molecule has 0 bridgehead atoms. The topological polar surface area (TPSA) is 21.3 Å². The molecule has 0 saturated carbocycles. The second kappa shape index (κ2) is 13.6. The van der Waals surface area contributed by atoms with Crippen molar-refractivity contribution in [3.05, 3.63) is 218 Å². The monoisotopic (exact) mass is 728 g/mol. The molecule has 0 spiro atoms. The van der Waals surface area contributed by atoms with Crippen molar-refractivity contribution in [2.45, 2.75) is 0 Å². The zero-order chi connectivity index (χ0) is 37.7. The summed E-state index contributed by atoms with van der Waals surface area (Å²) >= 11 is 0. The molecule has 9 aromatic carbocycles. The summed E-state index contributed by atoms with van der Waals surface area (Å²) in [5.74, 6) is 0. The smallest absolute Gasteiger partial charge is 0.143 e. The molecule has 3 heteroatoms. The maximum Gasteiger partial charge on any atom is 0.143 e. The van der Waals surface area contributed by atoms with Gasteiger partial charge in [0.1, 0.15) is 11.2 Å². The van der Waals surface area contributed by atoms with E-state index in [4.69, 9.17) is 4.42 Å². The van der Waals surface area contributed by atoms with Crippen molar-refractivity contribution >= 4 is 60.8 Å². The molecule has 0 fully saturated rings. The summed E-state index contributed by atoms with van der Waals surface area (Å²) in [6.45, 7) is 0. The third-order valence-corrected chi connectivity index (χ3v) is 11.2. The maximum absolute atomic E-state index is 6.53. The van der Waals surface area contributed by atoms with Crippen LogP contribution in [0, 0.1) is 0 Å². The summed E-state index contributed by atoms with van der Waals surface area (Å²) in [7, 11) is 0. The molecule has 0 unspecified atom stereocenters. The van der Waals surface area contributed by atoms with Crippen molar-refractivity contribution in [1.82, 2.24) is 4.57 Å². The number of nitrogens with zero attached hydrogens (tertiary/aromatic N) is 2. The zero-order valence-electron chi connectivity index (χ0n) is 31.1. The van der Waals surface area contributed by atoms with Crippen LogP contribution in [0.1, 0.15) is 0 Å². The van der Waals surface area contributed by atoms with Gasteiger partial charge in [-0.2, -0.15) is 0 Å². The van der Waals surface area contributed by atoms with E-state index in [0.717, 1.165) is 78.1 Å². The maximum atomic E-state index is 6.53. The van der Waals surface area contributed by atoms with Crippen LogP contribution in [0.5, 0.6) is 0 Å². The predicted molar refractivity (Wildman–Crippen MR) is 239 cm³/mol. The highest BCUT2D eigenvalue weighted by Gasteiger charge is 2.21. The normalized spacial score (nSPS) is 11.5. The van der Waals surface area contributed by atoms with Gasteiger partial charge < -0.3 is 13.9 Å². The molecule has 2 aromatic heterocycles. The van der Waals surface area contributed by atoms with Crippen LogP contribution in [-0.4, -0.2) is 4.57 Å². The van der Waals surface area contributed by atoms with Crippen LogP contribution in [0.4, 0.5) is 17.1 Å². The van der Waals surface area contributed by atoms with Gasteiger partial charge >= 0.3 is 0 Å². The number of benzene rings is 9. The van der Waals surface area contributed by atoms with Gasteiger partial charge in [-0.25, -0.2) is 0 Å². The number of aromatic nitrogens is 1. The van der Waals surface area contributed by atoms with E-state index in [0.29, 0.717) is 0 Å². The molecule has 0 N–H and O–H groups in total. The Morgan fingerprint density at radius 2 is 0.860 bits per heavy atom. The summed E-state index contributed by atoms with van der Waals surface area (Å²) in [5.41, 5.74) is 15.3. The van der Waals surface area contributed by atoms with Crippen molar-refractivity contribution in [3.63, 3.8) is 0 Å². The quantitative estimate of drug-likeness (QED) is 0.163. The van der Waals surface area contributed by atoms with Crippen molar-refractivity contribution < 1.29 is 4.42 Å². The van der Waals surface area contributed by atoms with E-state index in [9.17, 15) is 0 Å². The van der Waals surface area contributed by atoms with Crippen LogP contribution in [0.2, 0.25) is 0 Å². The Morgan fingerprint density at radius 3 is 1.60 bits per heavy atom. The van der Waals surface area contributed by atoms with Gasteiger partial charge in [0.15, 0.2) is 0 Å². The number of anilines is 3. The molecule has 0 aliphatic heterocycles. The molecular formula is C54H36N2O. The van der Waals surface area contributed by atoms with Crippen molar-refractivity contribution in [2.24, 2.45) is 0 Å². The standard InChI is InChI=1S/C54H36N2O/c1-2-17-37(18-3-1)42-23-4-9-30-49(42)55(41-22-15-20-39(36-41)44-28-16-29-48-47-27-8-13-34-53(47)57-54(44)48)40-21-14-19-38(35-40)43-24-5-10-31-50(43)56-51-32-11-6-25-45(51)46-26-7-12-33-52(46)56/h1-36H. The Kier molecular flexibility index (Phi) is 7.82. The Bertz CT molecular complexity index is 3210. The number of para-hydroxylation sites is 6. The second-order valence-electron chi connectivity index (χ2n) is 14.5. The summed E-state index contributed by atoms with van der Waals surface area (Å²) in [6.07, 6.45) is 0. The van der Waals surface area contributed by atoms with Gasteiger partial charge in [-0.05, 0) is 71.3 Å². The lowest BCUT2D eigenvalue weighted by molar-refractivity contribution is 0.670. The fourth-order valence-corrected chi connectivity index (χ4v) is 8.65. The zero-order valence-corrected chi connectivity index (χ0v) is 31.1. The minimum Gasteiger partial charge on any atom is -0.455 e. The molecule has 0 aliphatic carbocycles. The predicted octanol–water partition coefficient (Wildman–Crippen LogP) is 15.2. The van der Waals surface area contributed by atoms with Gasteiger partial charge in [-0.3, -0.25) is 0 Å². The highest BCUT2D eigenvalue weighted by Crippen LogP contribution is 2.45. The fraction of sp³-hybridized carbons (Fsp3) is 0. The summed E-state index contributed by atoms with van der Waals surface area (Å²) in [5, 5.41) is 4.74. The number of fused-ring (bicyclic) bond motifs is 6. The molecule has 11 aromatic rings. The molecule has 3 nitrogen and oxygen atoms in total. The molecule has 0 amide bonds. The average molecular weight is 729 g/mol. The van der Waals surface area contributed by atoms with Gasteiger partial charge in [-0.1, -0.05) is 164 Å². The van der Waals surface area contributed by atoms with Gasteiger partial charge in [0.05, 0.1) is 22.4 Å². The summed E-state index contributed by atoms with van der Waals surface area (Å²) < 4.78 is 8.94. The van der Waals surface area contributed by atoms with Gasteiger partial charge in [-0.15, -0.1) is 0 Å².